The number of fused-ring (bicyclic) bond motifs is 2. The van der Waals surface area contributed by atoms with Crippen molar-refractivity contribution in [2.24, 2.45) is 0 Å². The monoisotopic (exact) mass is 424 g/mol. The van der Waals surface area contributed by atoms with Crippen LogP contribution in [0, 0.1) is 6.92 Å². The first-order valence-corrected chi connectivity index (χ1v) is 11.1. The minimum Gasteiger partial charge on any atom is -0.283 e. The Morgan fingerprint density at radius 3 is 2.19 bits per heavy atom. The predicted octanol–water partition coefficient (Wildman–Crippen LogP) is 4.99. The van der Waals surface area contributed by atoms with Crippen LogP contribution in [-0.4, -0.2) is 19.5 Å². The Labute approximate surface area is 183 Å². The van der Waals surface area contributed by atoms with E-state index in [1.165, 1.54) is 11.8 Å². The van der Waals surface area contributed by atoms with Crippen molar-refractivity contribution < 1.29 is 0 Å². The third-order valence-electron chi connectivity index (χ3n) is 5.19. The van der Waals surface area contributed by atoms with Crippen molar-refractivity contribution in [2.75, 3.05) is 0 Å². The largest absolute Gasteiger partial charge is 0.283 e. The summed E-state index contributed by atoms with van der Waals surface area (Å²) in [7, 11) is 0. The lowest BCUT2D eigenvalue weighted by Crippen LogP contribution is -2.24. The van der Waals surface area contributed by atoms with Gasteiger partial charge in [0.25, 0.3) is 5.56 Å². The van der Waals surface area contributed by atoms with Gasteiger partial charge in [-0.15, -0.1) is 0 Å². The summed E-state index contributed by atoms with van der Waals surface area (Å²) in [6.45, 7) is 2.45. The smallest absolute Gasteiger partial charge is 0.262 e. The average Bonchev–Trinajstić information content (AvgIpc) is 2.80. The van der Waals surface area contributed by atoms with Gasteiger partial charge in [0.15, 0.2) is 5.16 Å². The molecule has 0 saturated heterocycles. The Morgan fingerprint density at radius 1 is 0.774 bits per heavy atom. The molecule has 6 heteroatoms. The molecule has 0 unspecified atom stereocenters. The molecule has 152 valence electrons. The Bertz CT molecular complexity index is 1450. The van der Waals surface area contributed by atoms with Crippen LogP contribution in [0.15, 0.2) is 88.8 Å². The molecule has 2 heterocycles. The van der Waals surface area contributed by atoms with Crippen molar-refractivity contribution in [1.29, 1.82) is 0 Å². The molecule has 5 aromatic rings. The number of benzene rings is 3. The average molecular weight is 425 g/mol. The van der Waals surface area contributed by atoms with E-state index in [0.29, 0.717) is 28.4 Å². The van der Waals surface area contributed by atoms with Crippen molar-refractivity contribution >= 4 is 33.7 Å². The van der Waals surface area contributed by atoms with Crippen LogP contribution in [0.25, 0.3) is 21.9 Å². The molecular formula is C25H20N4OS. The van der Waals surface area contributed by atoms with Crippen molar-refractivity contribution in [1.82, 2.24) is 19.5 Å². The molecule has 2 aromatic heterocycles. The summed E-state index contributed by atoms with van der Waals surface area (Å²) >= 11 is 1.52. The molecule has 5 rings (SSSR count). The molecule has 0 aliphatic rings. The molecule has 0 spiro atoms. The highest BCUT2D eigenvalue weighted by atomic mass is 32.2. The summed E-state index contributed by atoms with van der Waals surface area (Å²) in [6, 6.07) is 25.3. The lowest BCUT2D eigenvalue weighted by molar-refractivity contribution is 0.658. The fourth-order valence-electron chi connectivity index (χ4n) is 3.56. The van der Waals surface area contributed by atoms with Crippen LogP contribution in [0.4, 0.5) is 0 Å². The van der Waals surface area contributed by atoms with Crippen molar-refractivity contribution in [2.45, 2.75) is 24.4 Å². The maximum atomic E-state index is 13.3. The number of nitrogens with zero attached hydrogens (tertiary/aromatic N) is 4. The van der Waals surface area contributed by atoms with Gasteiger partial charge in [0.2, 0.25) is 0 Å². The maximum Gasteiger partial charge on any atom is 0.262 e. The van der Waals surface area contributed by atoms with Gasteiger partial charge in [-0.1, -0.05) is 66.4 Å². The second-order valence-corrected chi connectivity index (χ2v) is 8.26. The van der Waals surface area contributed by atoms with E-state index in [2.05, 4.69) is 4.98 Å². The molecule has 31 heavy (non-hydrogen) atoms. The molecule has 0 saturated carbocycles. The molecule has 0 radical (unpaired) electrons. The van der Waals surface area contributed by atoms with E-state index in [0.717, 1.165) is 28.0 Å². The number of hydrogen-bond acceptors (Lipinski definition) is 5. The summed E-state index contributed by atoms with van der Waals surface area (Å²) in [6.07, 6.45) is 0. The van der Waals surface area contributed by atoms with Crippen LogP contribution in [0.1, 0.15) is 17.0 Å². The van der Waals surface area contributed by atoms with Crippen molar-refractivity contribution in [3.05, 3.63) is 106 Å². The third-order valence-corrected chi connectivity index (χ3v) is 6.18. The first-order valence-electron chi connectivity index (χ1n) is 10.1. The van der Waals surface area contributed by atoms with Gasteiger partial charge in [-0.25, -0.2) is 15.0 Å². The van der Waals surface area contributed by atoms with E-state index in [9.17, 15) is 4.79 Å². The fraction of sp³-hybridized carbons (Fsp3) is 0.120. The summed E-state index contributed by atoms with van der Waals surface area (Å²) in [4.78, 5) is 27.6. The first kappa shape index (κ1) is 19.5. The SMILES string of the molecule is Cc1nc2ccccc2nc1CSc1nc2ccccc2c(=O)n1Cc1ccccc1. The van der Waals surface area contributed by atoms with E-state index >= 15 is 0 Å². The lowest BCUT2D eigenvalue weighted by atomic mass is 10.2. The minimum atomic E-state index is -0.0294. The van der Waals surface area contributed by atoms with Crippen molar-refractivity contribution in [3.63, 3.8) is 0 Å². The number of rotatable bonds is 5. The number of aryl methyl sites for hydroxylation is 1. The molecule has 5 nitrogen and oxygen atoms in total. The first-order chi connectivity index (χ1) is 15.2. The Kier molecular flexibility index (Phi) is 5.22. The van der Waals surface area contributed by atoms with Crippen molar-refractivity contribution in [3.8, 4) is 0 Å². The number of thioether (sulfide) groups is 1. The van der Waals surface area contributed by atoms with Crippen LogP contribution in [-0.2, 0) is 12.3 Å². The number of hydrogen-bond donors (Lipinski definition) is 0. The van der Waals surface area contributed by atoms with Crippen LogP contribution in [0.5, 0.6) is 0 Å². The van der Waals surface area contributed by atoms with Gasteiger partial charge in [-0.3, -0.25) is 9.36 Å². The van der Waals surface area contributed by atoms with Crippen LogP contribution >= 0.6 is 11.8 Å². The van der Waals surface area contributed by atoms with E-state index in [1.807, 2.05) is 85.8 Å². The van der Waals surface area contributed by atoms with E-state index in [-0.39, 0.29) is 5.56 Å². The molecule has 0 amide bonds. The molecule has 0 N–H and O–H groups in total. The summed E-state index contributed by atoms with van der Waals surface area (Å²) < 4.78 is 1.76. The highest BCUT2D eigenvalue weighted by molar-refractivity contribution is 7.98. The highest BCUT2D eigenvalue weighted by Crippen LogP contribution is 2.24. The van der Waals surface area contributed by atoms with Gasteiger partial charge in [-0.05, 0) is 36.8 Å². The van der Waals surface area contributed by atoms with E-state index in [4.69, 9.17) is 9.97 Å². The van der Waals surface area contributed by atoms with Gasteiger partial charge in [0.05, 0.1) is 39.9 Å². The van der Waals surface area contributed by atoms with Gasteiger partial charge < -0.3 is 0 Å². The Hall–Kier alpha value is -3.51. The van der Waals surface area contributed by atoms with Gasteiger partial charge in [0.1, 0.15) is 0 Å². The van der Waals surface area contributed by atoms with Crippen LogP contribution < -0.4 is 5.56 Å². The second kappa shape index (κ2) is 8.32. The molecular weight excluding hydrogens is 404 g/mol. The second-order valence-electron chi connectivity index (χ2n) is 7.32. The molecule has 0 aliphatic carbocycles. The van der Waals surface area contributed by atoms with Crippen LogP contribution in [0.2, 0.25) is 0 Å². The number of para-hydroxylation sites is 3. The third kappa shape index (κ3) is 3.94. The maximum absolute atomic E-state index is 13.3. The molecule has 0 fully saturated rings. The zero-order valence-electron chi connectivity index (χ0n) is 17.0. The Balaban J connectivity index is 1.55. The molecule has 0 atom stereocenters. The topological polar surface area (TPSA) is 60.7 Å². The quantitative estimate of drug-likeness (QED) is 0.294. The minimum absolute atomic E-state index is 0.0294. The van der Waals surface area contributed by atoms with E-state index < -0.39 is 0 Å². The number of aromatic nitrogens is 4. The predicted molar refractivity (Wildman–Crippen MR) is 125 cm³/mol. The van der Waals surface area contributed by atoms with Crippen LogP contribution in [0.3, 0.4) is 0 Å². The molecule has 0 bridgehead atoms. The summed E-state index contributed by atoms with van der Waals surface area (Å²) in [5, 5.41) is 1.31. The van der Waals surface area contributed by atoms with Gasteiger partial charge >= 0.3 is 0 Å². The zero-order valence-corrected chi connectivity index (χ0v) is 17.8. The fourth-order valence-corrected chi connectivity index (χ4v) is 4.56. The molecule has 3 aromatic carbocycles. The lowest BCUT2D eigenvalue weighted by Gasteiger charge is -2.14. The summed E-state index contributed by atoms with van der Waals surface area (Å²) in [5.74, 6) is 0.587. The standard InChI is InChI=1S/C25H20N4OS/c1-17-23(27-22-14-8-7-13-21(22)26-17)16-31-25-28-20-12-6-5-11-19(20)24(30)29(25)15-18-9-3-2-4-10-18/h2-14H,15-16H2,1H3. The normalized spacial score (nSPS) is 11.3. The molecule has 0 aliphatic heterocycles. The van der Waals surface area contributed by atoms with E-state index in [1.54, 1.807) is 4.57 Å². The highest BCUT2D eigenvalue weighted by Gasteiger charge is 2.14. The van der Waals surface area contributed by atoms with Gasteiger partial charge in [-0.2, -0.15) is 0 Å². The zero-order chi connectivity index (χ0) is 21.2. The summed E-state index contributed by atoms with van der Waals surface area (Å²) in [5.41, 5.74) is 5.29. The van der Waals surface area contributed by atoms with Gasteiger partial charge in [0, 0.05) is 5.75 Å². The Morgan fingerprint density at radius 2 is 1.42 bits per heavy atom.